The molecule has 0 radical (unpaired) electrons. The van der Waals surface area contributed by atoms with E-state index in [0.717, 1.165) is 11.0 Å². The Kier molecular flexibility index (Phi) is 6.15. The summed E-state index contributed by atoms with van der Waals surface area (Å²) in [4.78, 5) is 38.8. The minimum absolute atomic E-state index is 0.00699. The number of rotatable bonds is 6. The van der Waals surface area contributed by atoms with Crippen LogP contribution in [-0.4, -0.2) is 73.7 Å². The first-order valence-corrected chi connectivity index (χ1v) is 11.7. The number of methoxy groups -OCH3 is 1. The van der Waals surface area contributed by atoms with Gasteiger partial charge in [0.25, 0.3) is 11.6 Å². The second-order valence-electron chi connectivity index (χ2n) is 7.65. The Balaban J connectivity index is 1.48. The van der Waals surface area contributed by atoms with Gasteiger partial charge in [-0.1, -0.05) is 18.2 Å². The SMILES string of the molecule is COc1cccc(N2C(=O)CC(N3CCN(S(=O)(=O)c4ccccc4[N+](=O)[O-])CC3)C2=O)c1. The van der Waals surface area contributed by atoms with Crippen molar-refractivity contribution in [3.63, 3.8) is 0 Å². The predicted octanol–water partition coefficient (Wildman–Crippen LogP) is 1.24. The molecule has 2 saturated heterocycles. The molecule has 2 aliphatic heterocycles. The van der Waals surface area contributed by atoms with Gasteiger partial charge >= 0.3 is 0 Å². The van der Waals surface area contributed by atoms with Crippen LogP contribution < -0.4 is 9.64 Å². The van der Waals surface area contributed by atoms with Crippen LogP contribution in [0.25, 0.3) is 0 Å². The fourth-order valence-corrected chi connectivity index (χ4v) is 5.72. The van der Waals surface area contributed by atoms with Gasteiger partial charge in [-0.2, -0.15) is 4.31 Å². The molecule has 4 rings (SSSR count). The van der Waals surface area contributed by atoms with Crippen LogP contribution in [0, 0.1) is 10.1 Å². The molecular formula is C21H22N4O7S. The van der Waals surface area contributed by atoms with Gasteiger partial charge in [0.15, 0.2) is 4.90 Å². The van der Waals surface area contributed by atoms with Crippen molar-refractivity contribution in [2.24, 2.45) is 0 Å². The highest BCUT2D eigenvalue weighted by atomic mass is 32.2. The predicted molar refractivity (Wildman–Crippen MR) is 117 cm³/mol. The van der Waals surface area contributed by atoms with Gasteiger partial charge in [-0.15, -0.1) is 0 Å². The summed E-state index contributed by atoms with van der Waals surface area (Å²) in [6, 6.07) is 11.2. The van der Waals surface area contributed by atoms with E-state index in [9.17, 15) is 28.1 Å². The molecule has 2 aromatic carbocycles. The van der Waals surface area contributed by atoms with E-state index in [1.165, 1.54) is 29.6 Å². The second-order valence-corrected chi connectivity index (χ2v) is 9.56. The van der Waals surface area contributed by atoms with Crippen LogP contribution >= 0.6 is 0 Å². The Bertz CT molecular complexity index is 1210. The lowest BCUT2D eigenvalue weighted by molar-refractivity contribution is -0.387. The van der Waals surface area contributed by atoms with E-state index in [0.29, 0.717) is 11.4 Å². The topological polar surface area (TPSA) is 130 Å². The molecule has 0 aromatic heterocycles. The zero-order valence-corrected chi connectivity index (χ0v) is 18.6. The molecule has 0 aliphatic carbocycles. The third-order valence-electron chi connectivity index (χ3n) is 5.83. The summed E-state index contributed by atoms with van der Waals surface area (Å²) in [5, 5.41) is 11.3. The highest BCUT2D eigenvalue weighted by Crippen LogP contribution is 2.30. The quantitative estimate of drug-likeness (QED) is 0.347. The van der Waals surface area contributed by atoms with Crippen LogP contribution in [0.4, 0.5) is 11.4 Å². The molecule has 2 heterocycles. The molecule has 0 bridgehead atoms. The van der Waals surface area contributed by atoms with Crippen LogP contribution in [0.2, 0.25) is 0 Å². The zero-order chi connectivity index (χ0) is 23.8. The molecule has 11 nitrogen and oxygen atoms in total. The molecule has 2 aromatic rings. The molecule has 2 amide bonds. The lowest BCUT2D eigenvalue weighted by Crippen LogP contribution is -2.53. The minimum atomic E-state index is -4.08. The summed E-state index contributed by atoms with van der Waals surface area (Å²) in [6.07, 6.45) is -0.00699. The standard InChI is InChI=1S/C21H22N4O7S/c1-32-16-6-4-5-15(13-16)24-20(26)14-18(21(24)27)22-9-11-23(12-10-22)33(30,31)19-8-3-2-7-17(19)25(28)29/h2-8,13,18H,9-12,14H2,1H3. The largest absolute Gasteiger partial charge is 0.497 e. The molecule has 0 saturated carbocycles. The molecule has 174 valence electrons. The Morgan fingerprint density at radius 3 is 2.39 bits per heavy atom. The van der Waals surface area contributed by atoms with Crippen LogP contribution in [0.15, 0.2) is 53.4 Å². The Morgan fingerprint density at radius 1 is 1.03 bits per heavy atom. The van der Waals surface area contributed by atoms with Crippen molar-refractivity contribution < 1.29 is 27.7 Å². The van der Waals surface area contributed by atoms with Crippen molar-refractivity contribution in [2.75, 3.05) is 38.2 Å². The monoisotopic (exact) mass is 474 g/mol. The van der Waals surface area contributed by atoms with E-state index in [4.69, 9.17) is 4.74 Å². The first kappa shape index (κ1) is 22.8. The van der Waals surface area contributed by atoms with Crippen LogP contribution in [0.5, 0.6) is 5.75 Å². The smallest absolute Gasteiger partial charge is 0.289 e. The molecule has 0 N–H and O–H groups in total. The lowest BCUT2D eigenvalue weighted by atomic mass is 10.2. The van der Waals surface area contributed by atoms with Crippen molar-refractivity contribution in [3.05, 3.63) is 58.6 Å². The van der Waals surface area contributed by atoms with Crippen molar-refractivity contribution >= 4 is 33.2 Å². The molecule has 0 spiro atoms. The number of carbonyl (C=O) groups excluding carboxylic acids is 2. The molecule has 1 unspecified atom stereocenters. The van der Waals surface area contributed by atoms with Crippen LogP contribution in [-0.2, 0) is 19.6 Å². The maximum atomic E-state index is 13.1. The number of amides is 2. The number of para-hydroxylation sites is 1. The molecule has 2 aliphatic rings. The molecule has 12 heteroatoms. The molecule has 33 heavy (non-hydrogen) atoms. The maximum Gasteiger partial charge on any atom is 0.289 e. The summed E-state index contributed by atoms with van der Waals surface area (Å²) >= 11 is 0. The van der Waals surface area contributed by atoms with E-state index >= 15 is 0 Å². The third kappa shape index (κ3) is 4.19. The molecular weight excluding hydrogens is 452 g/mol. The lowest BCUT2D eigenvalue weighted by Gasteiger charge is -2.36. The number of nitrogens with zero attached hydrogens (tertiary/aromatic N) is 4. The summed E-state index contributed by atoms with van der Waals surface area (Å²) in [5.74, 6) is -0.193. The van der Waals surface area contributed by atoms with E-state index in [1.54, 1.807) is 29.2 Å². The molecule has 2 fully saturated rings. The van der Waals surface area contributed by atoms with Gasteiger partial charge in [0.05, 0.1) is 30.2 Å². The van der Waals surface area contributed by atoms with Gasteiger partial charge in [0.2, 0.25) is 15.9 Å². The number of hydrogen-bond acceptors (Lipinski definition) is 8. The van der Waals surface area contributed by atoms with Crippen molar-refractivity contribution in [3.8, 4) is 5.75 Å². The number of nitro benzene ring substituents is 1. The van der Waals surface area contributed by atoms with E-state index in [-0.39, 0.29) is 49.3 Å². The second kappa shape index (κ2) is 8.89. The number of imide groups is 1. The zero-order valence-electron chi connectivity index (χ0n) is 17.8. The Hall–Kier alpha value is -3.35. The Labute approximate surface area is 190 Å². The van der Waals surface area contributed by atoms with E-state index in [2.05, 4.69) is 0 Å². The van der Waals surface area contributed by atoms with Gasteiger partial charge in [-0.05, 0) is 18.2 Å². The van der Waals surface area contributed by atoms with Crippen molar-refractivity contribution in [1.82, 2.24) is 9.21 Å². The number of benzene rings is 2. The third-order valence-corrected chi connectivity index (χ3v) is 7.77. The number of hydrogen-bond donors (Lipinski definition) is 0. The van der Waals surface area contributed by atoms with Gasteiger partial charge < -0.3 is 4.74 Å². The van der Waals surface area contributed by atoms with E-state index < -0.39 is 26.7 Å². The Morgan fingerprint density at radius 2 is 1.73 bits per heavy atom. The highest BCUT2D eigenvalue weighted by Gasteiger charge is 2.44. The fourth-order valence-electron chi connectivity index (χ4n) is 4.14. The van der Waals surface area contributed by atoms with Crippen LogP contribution in [0.1, 0.15) is 6.42 Å². The number of ether oxygens (including phenoxy) is 1. The summed E-state index contributed by atoms with van der Waals surface area (Å²) < 4.78 is 32.4. The normalized spacial score (nSPS) is 20.3. The summed E-state index contributed by atoms with van der Waals surface area (Å²) in [5.41, 5.74) is -0.0603. The highest BCUT2D eigenvalue weighted by molar-refractivity contribution is 7.89. The summed E-state index contributed by atoms with van der Waals surface area (Å²) in [6.45, 7) is 0.530. The number of carbonyl (C=O) groups is 2. The fraction of sp³-hybridized carbons (Fsp3) is 0.333. The summed E-state index contributed by atoms with van der Waals surface area (Å²) in [7, 11) is -2.59. The average molecular weight is 474 g/mol. The molecule has 1 atom stereocenters. The van der Waals surface area contributed by atoms with Gasteiger partial charge in [0.1, 0.15) is 5.75 Å². The number of piperazine rings is 1. The first-order valence-electron chi connectivity index (χ1n) is 10.2. The van der Waals surface area contributed by atoms with E-state index in [1.807, 2.05) is 0 Å². The average Bonchev–Trinajstić information content (AvgIpc) is 3.12. The van der Waals surface area contributed by atoms with Crippen LogP contribution in [0.3, 0.4) is 0 Å². The number of anilines is 1. The minimum Gasteiger partial charge on any atom is -0.497 e. The number of nitro groups is 1. The number of sulfonamides is 1. The maximum absolute atomic E-state index is 13.1. The van der Waals surface area contributed by atoms with Crippen molar-refractivity contribution in [1.29, 1.82) is 0 Å². The van der Waals surface area contributed by atoms with Gasteiger partial charge in [0, 0.05) is 38.3 Å². The van der Waals surface area contributed by atoms with Gasteiger partial charge in [-0.3, -0.25) is 24.6 Å². The van der Waals surface area contributed by atoms with Crippen molar-refractivity contribution in [2.45, 2.75) is 17.4 Å². The van der Waals surface area contributed by atoms with Gasteiger partial charge in [-0.25, -0.2) is 13.3 Å². The first-order chi connectivity index (χ1) is 15.7.